The van der Waals surface area contributed by atoms with Crippen LogP contribution in [0.2, 0.25) is 0 Å². The second-order valence-corrected chi connectivity index (χ2v) is 7.51. The summed E-state index contributed by atoms with van der Waals surface area (Å²) in [5, 5.41) is 0.792. The topological polar surface area (TPSA) is 90.6 Å². The number of rotatable bonds is 2. The van der Waals surface area contributed by atoms with E-state index in [4.69, 9.17) is 15.2 Å². The third-order valence-electron chi connectivity index (χ3n) is 5.68. The Balaban J connectivity index is 1.47. The SMILES string of the molecule is CN(C(=O)c1ccc2nc(N)c3c(c2c1)COC3)[C@@H]1COc2nc(C(F)(F)F)ccc21. The van der Waals surface area contributed by atoms with E-state index in [0.29, 0.717) is 35.7 Å². The summed E-state index contributed by atoms with van der Waals surface area (Å²) in [6.45, 7) is 0.801. The Bertz CT molecular complexity index is 1230. The number of nitrogen functional groups attached to an aromatic ring is 1. The minimum Gasteiger partial charge on any atom is -0.475 e. The highest BCUT2D eigenvalue weighted by molar-refractivity contribution is 5.99. The number of benzene rings is 1. The van der Waals surface area contributed by atoms with E-state index in [2.05, 4.69) is 9.97 Å². The molecular formula is C21H17F3N4O3. The van der Waals surface area contributed by atoms with E-state index in [1.165, 1.54) is 11.0 Å². The summed E-state index contributed by atoms with van der Waals surface area (Å²) in [6, 6.07) is 6.78. The lowest BCUT2D eigenvalue weighted by Crippen LogP contribution is -2.32. The Kier molecular flexibility index (Phi) is 4.30. The molecule has 0 saturated carbocycles. The highest BCUT2D eigenvalue weighted by Crippen LogP contribution is 2.38. The van der Waals surface area contributed by atoms with Crippen LogP contribution in [0, 0.1) is 0 Å². The molecule has 160 valence electrons. The van der Waals surface area contributed by atoms with Gasteiger partial charge < -0.3 is 20.1 Å². The summed E-state index contributed by atoms with van der Waals surface area (Å²) in [7, 11) is 1.59. The van der Waals surface area contributed by atoms with Gasteiger partial charge in [0.1, 0.15) is 18.1 Å². The summed E-state index contributed by atoms with van der Waals surface area (Å²) in [5.74, 6) is 0.0157. The number of hydrogen-bond donors (Lipinski definition) is 1. The fourth-order valence-electron chi connectivity index (χ4n) is 4.00. The summed E-state index contributed by atoms with van der Waals surface area (Å²) in [4.78, 5) is 22.6. The van der Waals surface area contributed by atoms with Crippen molar-refractivity contribution in [3.63, 3.8) is 0 Å². The average Bonchev–Trinajstić information content (AvgIpc) is 3.39. The van der Waals surface area contributed by atoms with Crippen LogP contribution >= 0.6 is 0 Å². The highest BCUT2D eigenvalue weighted by atomic mass is 19.4. The van der Waals surface area contributed by atoms with Crippen molar-refractivity contribution in [2.75, 3.05) is 19.4 Å². The first-order valence-corrected chi connectivity index (χ1v) is 9.51. The summed E-state index contributed by atoms with van der Waals surface area (Å²) >= 11 is 0. The Hall–Kier alpha value is -3.40. The number of carbonyl (C=O) groups is 1. The highest BCUT2D eigenvalue weighted by Gasteiger charge is 2.37. The number of pyridine rings is 2. The quantitative estimate of drug-likeness (QED) is 0.670. The van der Waals surface area contributed by atoms with Crippen LogP contribution in [0.15, 0.2) is 30.3 Å². The van der Waals surface area contributed by atoms with E-state index in [0.717, 1.165) is 22.6 Å². The predicted molar refractivity (Wildman–Crippen MR) is 104 cm³/mol. The number of alkyl halides is 3. The van der Waals surface area contributed by atoms with Gasteiger partial charge in [0.25, 0.3) is 5.91 Å². The number of amides is 1. The normalized spacial score (nSPS) is 17.4. The zero-order valence-corrected chi connectivity index (χ0v) is 16.4. The number of nitrogens with zero attached hydrogens (tertiary/aromatic N) is 3. The molecule has 0 saturated heterocycles. The molecular weight excluding hydrogens is 413 g/mol. The number of aromatic nitrogens is 2. The lowest BCUT2D eigenvalue weighted by molar-refractivity contribution is -0.141. The lowest BCUT2D eigenvalue weighted by atomic mass is 10.0. The van der Waals surface area contributed by atoms with Crippen molar-refractivity contribution >= 4 is 22.6 Å². The summed E-state index contributed by atoms with van der Waals surface area (Å²) in [6.07, 6.45) is -4.56. The smallest absolute Gasteiger partial charge is 0.433 e. The molecule has 1 atom stereocenters. The van der Waals surface area contributed by atoms with Gasteiger partial charge in [0.05, 0.1) is 24.8 Å². The summed E-state index contributed by atoms with van der Waals surface area (Å²) < 4.78 is 49.6. The van der Waals surface area contributed by atoms with Crippen LogP contribution < -0.4 is 10.5 Å². The number of carbonyl (C=O) groups excluding carboxylic acids is 1. The van der Waals surface area contributed by atoms with Crippen molar-refractivity contribution in [3.05, 3.63) is 58.3 Å². The minimum absolute atomic E-state index is 0.0286. The second-order valence-electron chi connectivity index (χ2n) is 7.51. The average molecular weight is 430 g/mol. The van der Waals surface area contributed by atoms with Crippen LogP contribution in [0.5, 0.6) is 5.88 Å². The molecule has 2 aliphatic heterocycles. The maximum Gasteiger partial charge on any atom is 0.433 e. The summed E-state index contributed by atoms with van der Waals surface area (Å²) in [5.41, 5.74) is 8.23. The molecule has 0 radical (unpaired) electrons. The van der Waals surface area contributed by atoms with Gasteiger partial charge in [0.15, 0.2) is 0 Å². The van der Waals surface area contributed by atoms with Crippen molar-refractivity contribution in [1.82, 2.24) is 14.9 Å². The molecule has 2 aliphatic rings. The van der Waals surface area contributed by atoms with Gasteiger partial charge in [-0.25, -0.2) is 9.97 Å². The predicted octanol–water partition coefficient (Wildman–Crippen LogP) is 3.47. The molecule has 31 heavy (non-hydrogen) atoms. The van der Waals surface area contributed by atoms with Gasteiger partial charge in [0, 0.05) is 29.1 Å². The van der Waals surface area contributed by atoms with Crippen molar-refractivity contribution in [1.29, 1.82) is 0 Å². The maximum atomic E-state index is 13.2. The van der Waals surface area contributed by atoms with Gasteiger partial charge in [-0.1, -0.05) is 0 Å². The van der Waals surface area contributed by atoms with Crippen LogP contribution in [0.25, 0.3) is 10.9 Å². The monoisotopic (exact) mass is 430 g/mol. The van der Waals surface area contributed by atoms with Gasteiger partial charge in [-0.3, -0.25) is 4.79 Å². The van der Waals surface area contributed by atoms with E-state index < -0.39 is 17.9 Å². The molecule has 7 nitrogen and oxygen atoms in total. The molecule has 3 aromatic rings. The Labute approximate surface area is 174 Å². The fraction of sp³-hybridized carbons (Fsp3) is 0.286. The Morgan fingerprint density at radius 1 is 1.16 bits per heavy atom. The van der Waals surface area contributed by atoms with Crippen LogP contribution in [0.1, 0.15) is 38.8 Å². The molecule has 0 bridgehead atoms. The molecule has 5 rings (SSSR count). The van der Waals surface area contributed by atoms with Crippen molar-refractivity contribution < 1.29 is 27.4 Å². The van der Waals surface area contributed by atoms with Gasteiger partial charge in [0.2, 0.25) is 5.88 Å². The van der Waals surface area contributed by atoms with E-state index >= 15 is 0 Å². The van der Waals surface area contributed by atoms with Crippen molar-refractivity contribution in [2.24, 2.45) is 0 Å². The molecule has 10 heteroatoms. The Morgan fingerprint density at radius 3 is 2.71 bits per heavy atom. The fourth-order valence-corrected chi connectivity index (χ4v) is 4.00. The van der Waals surface area contributed by atoms with E-state index in [-0.39, 0.29) is 18.4 Å². The van der Waals surface area contributed by atoms with Gasteiger partial charge >= 0.3 is 6.18 Å². The number of nitrogens with two attached hydrogens (primary N) is 1. The van der Waals surface area contributed by atoms with Crippen LogP contribution in [0.3, 0.4) is 0 Å². The molecule has 0 unspecified atom stereocenters. The number of fused-ring (bicyclic) bond motifs is 4. The number of likely N-dealkylation sites (N-methyl/N-ethyl adjacent to an activating group) is 1. The third kappa shape index (κ3) is 3.14. The zero-order valence-electron chi connectivity index (χ0n) is 16.4. The number of ether oxygens (including phenoxy) is 2. The van der Waals surface area contributed by atoms with Crippen LogP contribution in [0.4, 0.5) is 19.0 Å². The largest absolute Gasteiger partial charge is 0.475 e. The second kappa shape index (κ2) is 6.81. The third-order valence-corrected chi connectivity index (χ3v) is 5.68. The number of anilines is 1. The molecule has 1 amide bonds. The van der Waals surface area contributed by atoms with Crippen LogP contribution in [-0.2, 0) is 24.1 Å². The molecule has 0 aliphatic carbocycles. The Morgan fingerprint density at radius 2 is 1.94 bits per heavy atom. The number of halogens is 3. The first-order valence-electron chi connectivity index (χ1n) is 9.51. The van der Waals surface area contributed by atoms with Gasteiger partial charge in [-0.05, 0) is 35.9 Å². The molecule has 1 aromatic carbocycles. The lowest BCUT2D eigenvalue weighted by Gasteiger charge is -2.24. The minimum atomic E-state index is -4.56. The standard InChI is InChI=1S/C21H17F3N4O3/c1-28(16-9-31-19-11(16)3-5-17(27-19)21(22,23)24)20(29)10-2-4-15-12(6-10)13-7-30-8-14(13)18(25)26-15/h2-6,16H,7-9H2,1H3,(H2,25,26)/t16-/m1/s1. The molecule has 0 spiro atoms. The molecule has 4 heterocycles. The van der Waals surface area contributed by atoms with Crippen LogP contribution in [-0.4, -0.2) is 34.4 Å². The molecule has 2 N–H and O–H groups in total. The first-order chi connectivity index (χ1) is 14.7. The molecule has 2 aromatic heterocycles. The van der Waals surface area contributed by atoms with E-state index in [1.807, 2.05) is 0 Å². The first kappa shape index (κ1) is 19.6. The van der Waals surface area contributed by atoms with Crippen molar-refractivity contribution in [2.45, 2.75) is 25.4 Å². The van der Waals surface area contributed by atoms with E-state index in [1.54, 1.807) is 25.2 Å². The number of hydrogen-bond acceptors (Lipinski definition) is 6. The zero-order chi connectivity index (χ0) is 21.9. The molecule has 0 fully saturated rings. The van der Waals surface area contributed by atoms with Gasteiger partial charge in [-0.2, -0.15) is 13.2 Å². The maximum absolute atomic E-state index is 13.2. The van der Waals surface area contributed by atoms with Crippen molar-refractivity contribution in [3.8, 4) is 5.88 Å². The van der Waals surface area contributed by atoms with Gasteiger partial charge in [-0.15, -0.1) is 0 Å². The van der Waals surface area contributed by atoms with E-state index in [9.17, 15) is 18.0 Å².